The van der Waals surface area contributed by atoms with Gasteiger partial charge in [-0.15, -0.1) is 0 Å². The molecule has 0 aromatic heterocycles. The lowest BCUT2D eigenvalue weighted by molar-refractivity contribution is -0.154. The van der Waals surface area contributed by atoms with Crippen LogP contribution in [-0.4, -0.2) is 66.3 Å². The first-order chi connectivity index (χ1) is 23.3. The first kappa shape index (κ1) is 47.5. The Bertz CT molecular complexity index is 724. The fraction of sp³-hybridized carbons (Fsp3) is 0.974. The van der Waals surface area contributed by atoms with Gasteiger partial charge in [0.05, 0.1) is 26.4 Å². The summed E-state index contributed by atoms with van der Waals surface area (Å²) in [6, 6.07) is 0. The molecule has 0 rings (SSSR count). The fourth-order valence-corrected chi connectivity index (χ4v) is 6.50. The van der Waals surface area contributed by atoms with Crippen molar-refractivity contribution in [2.24, 2.45) is 0 Å². The maximum atomic E-state index is 12.5. The number of phosphoric ester groups is 1. The minimum absolute atomic E-state index is 0.0562. The van der Waals surface area contributed by atoms with Crippen LogP contribution in [0.5, 0.6) is 0 Å². The number of aliphatic hydroxyl groups excluding tert-OH is 2. The van der Waals surface area contributed by atoms with Crippen LogP contribution >= 0.6 is 7.82 Å². The van der Waals surface area contributed by atoms with Crippen LogP contribution in [0, 0.1) is 0 Å². The van der Waals surface area contributed by atoms with E-state index < -0.39 is 33.2 Å². The second kappa shape index (κ2) is 36.3. The van der Waals surface area contributed by atoms with Crippen LogP contribution in [0.15, 0.2) is 0 Å². The Morgan fingerprint density at radius 2 is 0.938 bits per heavy atom. The normalized spacial score (nSPS) is 14.2. The zero-order valence-electron chi connectivity index (χ0n) is 31.2. The number of carbonyl (C=O) groups excluding carboxylic acids is 1. The Balaban J connectivity index is 4.05. The third kappa shape index (κ3) is 35.3. The van der Waals surface area contributed by atoms with Crippen molar-refractivity contribution in [1.29, 1.82) is 0 Å². The average molecular weight is 709 g/mol. The van der Waals surface area contributed by atoms with E-state index in [1.165, 1.54) is 141 Å². The molecule has 0 aromatic rings. The monoisotopic (exact) mass is 709 g/mol. The zero-order valence-corrected chi connectivity index (χ0v) is 32.1. The Morgan fingerprint density at radius 3 is 1.35 bits per heavy atom. The molecule has 0 aliphatic rings. The topological polar surface area (TPSA) is 132 Å². The van der Waals surface area contributed by atoms with E-state index in [0.29, 0.717) is 6.61 Å². The van der Waals surface area contributed by atoms with Crippen molar-refractivity contribution in [3.05, 3.63) is 0 Å². The van der Waals surface area contributed by atoms with E-state index in [1.807, 2.05) is 0 Å². The Kier molecular flexibility index (Phi) is 35.8. The standard InChI is InChI=1S/C38H77O9P/c1-3-5-7-9-11-13-14-15-16-17-18-19-20-21-22-23-24-26-28-30-38(41)47-37(35-46-48(42,43)45-33-36(40)32-39)34-44-31-29-27-25-12-10-8-6-4-2/h36-37,39-40H,3-35H2,1-2H3,(H,42,43). The molecule has 48 heavy (non-hydrogen) atoms. The summed E-state index contributed by atoms with van der Waals surface area (Å²) < 4.78 is 33.2. The minimum Gasteiger partial charge on any atom is -0.457 e. The molecule has 3 atom stereocenters. The Hall–Kier alpha value is -0.540. The van der Waals surface area contributed by atoms with Gasteiger partial charge < -0.3 is 24.6 Å². The van der Waals surface area contributed by atoms with Gasteiger partial charge in [-0.3, -0.25) is 13.8 Å². The fourth-order valence-electron chi connectivity index (χ4n) is 5.71. The number of esters is 1. The first-order valence-electron chi connectivity index (χ1n) is 20.0. The molecule has 0 aliphatic carbocycles. The van der Waals surface area contributed by atoms with Crippen LogP contribution < -0.4 is 0 Å². The minimum atomic E-state index is -4.50. The second-order valence-corrected chi connectivity index (χ2v) is 15.1. The second-order valence-electron chi connectivity index (χ2n) is 13.7. The van der Waals surface area contributed by atoms with E-state index in [4.69, 9.17) is 23.6 Å². The summed E-state index contributed by atoms with van der Waals surface area (Å²) in [4.78, 5) is 22.4. The van der Waals surface area contributed by atoms with E-state index in [0.717, 1.165) is 32.1 Å². The third-order valence-electron chi connectivity index (χ3n) is 8.79. The molecule has 0 bridgehead atoms. The molecule has 3 N–H and O–H groups in total. The highest BCUT2D eigenvalue weighted by atomic mass is 31.2. The van der Waals surface area contributed by atoms with Gasteiger partial charge in [-0.1, -0.05) is 174 Å². The van der Waals surface area contributed by atoms with E-state index in [-0.39, 0.29) is 25.6 Å². The number of aliphatic hydroxyl groups is 2. The van der Waals surface area contributed by atoms with Crippen molar-refractivity contribution < 1.29 is 43.0 Å². The molecule has 0 aromatic carbocycles. The van der Waals surface area contributed by atoms with Gasteiger partial charge >= 0.3 is 13.8 Å². The summed E-state index contributed by atoms with van der Waals surface area (Å²) in [5.74, 6) is -0.379. The Labute approximate surface area is 295 Å². The lowest BCUT2D eigenvalue weighted by Gasteiger charge is -2.20. The van der Waals surface area contributed by atoms with Gasteiger partial charge in [-0.05, 0) is 12.8 Å². The molecule has 0 radical (unpaired) electrons. The van der Waals surface area contributed by atoms with Gasteiger partial charge in [-0.25, -0.2) is 4.57 Å². The molecule has 0 heterocycles. The summed E-state index contributed by atoms with van der Waals surface area (Å²) in [6.07, 6.45) is 32.1. The van der Waals surface area contributed by atoms with Crippen molar-refractivity contribution in [1.82, 2.24) is 0 Å². The van der Waals surface area contributed by atoms with E-state index in [1.54, 1.807) is 0 Å². The van der Waals surface area contributed by atoms with Crippen molar-refractivity contribution >= 4 is 13.8 Å². The van der Waals surface area contributed by atoms with E-state index in [2.05, 4.69) is 13.8 Å². The number of phosphoric acid groups is 1. The summed E-state index contributed by atoms with van der Waals surface area (Å²) in [5, 5.41) is 18.3. The molecule has 0 amide bonds. The molecule has 3 unspecified atom stereocenters. The summed E-state index contributed by atoms with van der Waals surface area (Å²) in [6.45, 7) is 3.53. The third-order valence-corrected chi connectivity index (χ3v) is 9.74. The largest absolute Gasteiger partial charge is 0.472 e. The molecule has 0 aliphatic heterocycles. The quantitative estimate of drug-likeness (QED) is 0.0324. The SMILES string of the molecule is CCCCCCCCCCCCCCCCCCCCCC(=O)OC(COCCCCCCCCCC)COP(=O)(O)OCC(O)CO. The number of ether oxygens (including phenoxy) is 2. The summed E-state index contributed by atoms with van der Waals surface area (Å²) in [5.41, 5.74) is 0. The van der Waals surface area contributed by atoms with Gasteiger partial charge in [0.25, 0.3) is 0 Å². The predicted octanol–water partition coefficient (Wildman–Crippen LogP) is 10.4. The van der Waals surface area contributed by atoms with Gasteiger partial charge in [0.2, 0.25) is 0 Å². The number of carbonyl (C=O) groups is 1. The van der Waals surface area contributed by atoms with Gasteiger partial charge in [0.15, 0.2) is 0 Å². The molecular formula is C38H77O9P. The maximum absolute atomic E-state index is 12.5. The number of hydrogen-bond donors (Lipinski definition) is 3. The van der Waals surface area contributed by atoms with Crippen LogP contribution in [0.3, 0.4) is 0 Å². The van der Waals surface area contributed by atoms with Crippen LogP contribution in [-0.2, 0) is 27.9 Å². The van der Waals surface area contributed by atoms with Gasteiger partial charge in [0.1, 0.15) is 12.2 Å². The number of rotatable bonds is 39. The highest BCUT2D eigenvalue weighted by Gasteiger charge is 2.26. The molecule has 288 valence electrons. The van der Waals surface area contributed by atoms with Crippen molar-refractivity contribution in [3.8, 4) is 0 Å². The van der Waals surface area contributed by atoms with E-state index >= 15 is 0 Å². The van der Waals surface area contributed by atoms with Gasteiger partial charge in [-0.2, -0.15) is 0 Å². The zero-order chi connectivity index (χ0) is 35.4. The lowest BCUT2D eigenvalue weighted by Crippen LogP contribution is -2.29. The summed E-state index contributed by atoms with van der Waals surface area (Å²) >= 11 is 0. The average Bonchev–Trinajstić information content (AvgIpc) is 3.07. The van der Waals surface area contributed by atoms with Crippen LogP contribution in [0.2, 0.25) is 0 Å². The summed E-state index contributed by atoms with van der Waals surface area (Å²) in [7, 11) is -4.50. The molecule has 0 saturated heterocycles. The van der Waals surface area contributed by atoms with E-state index in [9.17, 15) is 19.4 Å². The van der Waals surface area contributed by atoms with Crippen LogP contribution in [0.4, 0.5) is 0 Å². The molecule has 10 heteroatoms. The first-order valence-corrected chi connectivity index (χ1v) is 21.5. The molecule has 9 nitrogen and oxygen atoms in total. The molecule has 0 spiro atoms. The number of unbranched alkanes of at least 4 members (excludes halogenated alkanes) is 25. The van der Waals surface area contributed by atoms with Crippen molar-refractivity contribution in [3.63, 3.8) is 0 Å². The van der Waals surface area contributed by atoms with Crippen molar-refractivity contribution in [2.45, 2.75) is 206 Å². The lowest BCUT2D eigenvalue weighted by atomic mass is 10.0. The predicted molar refractivity (Wildman–Crippen MR) is 196 cm³/mol. The van der Waals surface area contributed by atoms with Crippen LogP contribution in [0.25, 0.3) is 0 Å². The molecule has 0 fully saturated rings. The van der Waals surface area contributed by atoms with Gasteiger partial charge in [0, 0.05) is 13.0 Å². The smallest absolute Gasteiger partial charge is 0.457 e. The molecular weight excluding hydrogens is 631 g/mol. The maximum Gasteiger partial charge on any atom is 0.472 e. The highest BCUT2D eigenvalue weighted by molar-refractivity contribution is 7.47. The molecule has 0 saturated carbocycles. The number of hydrogen-bond acceptors (Lipinski definition) is 8. The van der Waals surface area contributed by atoms with Crippen molar-refractivity contribution in [2.75, 3.05) is 33.0 Å². The van der Waals surface area contributed by atoms with Crippen LogP contribution in [0.1, 0.15) is 194 Å². The Morgan fingerprint density at radius 1 is 0.562 bits per heavy atom. The highest BCUT2D eigenvalue weighted by Crippen LogP contribution is 2.43.